The van der Waals surface area contributed by atoms with Crippen LogP contribution in [-0.2, 0) is 4.74 Å². The lowest BCUT2D eigenvalue weighted by atomic mass is 9.88. The number of nitrogens with zero attached hydrogens (tertiary/aromatic N) is 1. The molecule has 2 unspecified atom stereocenters. The van der Waals surface area contributed by atoms with E-state index in [0.717, 1.165) is 25.0 Å². The van der Waals surface area contributed by atoms with Gasteiger partial charge in [0.05, 0.1) is 11.7 Å². The summed E-state index contributed by atoms with van der Waals surface area (Å²) in [6, 6.07) is 6.66. The summed E-state index contributed by atoms with van der Waals surface area (Å²) >= 11 is 0. The number of rotatable bonds is 4. The topological polar surface area (TPSA) is 33.0 Å². The second kappa shape index (κ2) is 6.68. The van der Waals surface area contributed by atoms with Crippen molar-refractivity contribution >= 4 is 0 Å². The van der Waals surface area contributed by atoms with Crippen molar-refractivity contribution in [2.75, 3.05) is 6.61 Å². The van der Waals surface area contributed by atoms with E-state index in [0.29, 0.717) is 5.92 Å². The highest BCUT2D eigenvalue weighted by Gasteiger charge is 2.24. The fraction of sp³-hybridized carbons (Fsp3) is 0.562. The SMILES string of the molecule is CCCCC1CCOC(c2ccc(C#N)c(F)c2)C1. The lowest BCUT2D eigenvalue weighted by molar-refractivity contribution is -0.0126. The Morgan fingerprint density at radius 2 is 2.32 bits per heavy atom. The van der Waals surface area contributed by atoms with Crippen LogP contribution in [0.5, 0.6) is 0 Å². The molecule has 1 heterocycles. The quantitative estimate of drug-likeness (QED) is 0.807. The van der Waals surface area contributed by atoms with E-state index < -0.39 is 5.82 Å². The van der Waals surface area contributed by atoms with E-state index in [9.17, 15) is 4.39 Å². The highest BCUT2D eigenvalue weighted by molar-refractivity contribution is 5.34. The molecule has 1 aliphatic rings. The minimum atomic E-state index is -0.445. The Morgan fingerprint density at radius 1 is 1.47 bits per heavy atom. The summed E-state index contributed by atoms with van der Waals surface area (Å²) in [5, 5.41) is 8.74. The monoisotopic (exact) mass is 261 g/mol. The third-order valence-corrected chi connectivity index (χ3v) is 3.84. The van der Waals surface area contributed by atoms with Crippen molar-refractivity contribution in [1.29, 1.82) is 5.26 Å². The van der Waals surface area contributed by atoms with Crippen LogP contribution in [0.3, 0.4) is 0 Å². The van der Waals surface area contributed by atoms with Crippen molar-refractivity contribution in [2.45, 2.75) is 45.1 Å². The van der Waals surface area contributed by atoms with Gasteiger partial charge in [0.25, 0.3) is 0 Å². The summed E-state index contributed by atoms with van der Waals surface area (Å²) in [6.07, 6.45) is 5.75. The van der Waals surface area contributed by atoms with Gasteiger partial charge in [0.2, 0.25) is 0 Å². The summed E-state index contributed by atoms with van der Waals surface area (Å²) in [5.74, 6) is 0.233. The molecule has 0 saturated carbocycles. The van der Waals surface area contributed by atoms with Gasteiger partial charge in [-0.15, -0.1) is 0 Å². The van der Waals surface area contributed by atoms with Crippen LogP contribution in [0.4, 0.5) is 4.39 Å². The first-order valence-electron chi connectivity index (χ1n) is 7.05. The lowest BCUT2D eigenvalue weighted by Gasteiger charge is -2.30. The Hall–Kier alpha value is -1.40. The van der Waals surface area contributed by atoms with Crippen molar-refractivity contribution < 1.29 is 9.13 Å². The van der Waals surface area contributed by atoms with E-state index in [1.165, 1.54) is 25.3 Å². The second-order valence-corrected chi connectivity index (χ2v) is 5.24. The van der Waals surface area contributed by atoms with Crippen LogP contribution in [0.15, 0.2) is 18.2 Å². The highest BCUT2D eigenvalue weighted by Crippen LogP contribution is 2.34. The number of hydrogen-bond acceptors (Lipinski definition) is 2. The molecule has 0 spiro atoms. The van der Waals surface area contributed by atoms with Gasteiger partial charge in [-0.1, -0.05) is 32.3 Å². The lowest BCUT2D eigenvalue weighted by Crippen LogP contribution is -2.20. The summed E-state index contributed by atoms with van der Waals surface area (Å²) in [7, 11) is 0. The maximum absolute atomic E-state index is 13.6. The molecule has 3 heteroatoms. The standard InChI is InChI=1S/C16H20FNO/c1-2-3-4-12-7-8-19-16(9-12)13-5-6-14(11-18)15(17)10-13/h5-6,10,12,16H,2-4,7-9H2,1H3. The molecule has 2 nitrogen and oxygen atoms in total. The first kappa shape index (κ1) is 14.0. The number of nitriles is 1. The van der Waals surface area contributed by atoms with Gasteiger partial charge in [0, 0.05) is 6.61 Å². The number of halogens is 1. The van der Waals surface area contributed by atoms with Crippen molar-refractivity contribution in [3.63, 3.8) is 0 Å². The molecule has 0 aliphatic carbocycles. The van der Waals surface area contributed by atoms with Gasteiger partial charge in [-0.05, 0) is 36.5 Å². The predicted octanol–water partition coefficient (Wildman–Crippen LogP) is 4.36. The van der Waals surface area contributed by atoms with Gasteiger partial charge in [0.15, 0.2) is 0 Å². The highest BCUT2D eigenvalue weighted by atomic mass is 19.1. The molecule has 0 radical (unpaired) electrons. The average molecular weight is 261 g/mol. The van der Waals surface area contributed by atoms with Crippen LogP contribution >= 0.6 is 0 Å². The second-order valence-electron chi connectivity index (χ2n) is 5.24. The van der Waals surface area contributed by atoms with E-state index in [1.54, 1.807) is 6.07 Å². The summed E-state index contributed by atoms with van der Waals surface area (Å²) < 4.78 is 19.4. The summed E-state index contributed by atoms with van der Waals surface area (Å²) in [5.41, 5.74) is 0.958. The van der Waals surface area contributed by atoms with E-state index in [1.807, 2.05) is 12.1 Å². The van der Waals surface area contributed by atoms with E-state index in [-0.39, 0.29) is 11.7 Å². The van der Waals surface area contributed by atoms with Gasteiger partial charge in [-0.3, -0.25) is 0 Å². The van der Waals surface area contributed by atoms with Crippen molar-refractivity contribution in [2.24, 2.45) is 5.92 Å². The molecule has 0 aromatic heterocycles. The van der Waals surface area contributed by atoms with Crippen LogP contribution in [0.25, 0.3) is 0 Å². The van der Waals surface area contributed by atoms with Crippen LogP contribution in [0, 0.1) is 23.1 Å². The number of ether oxygens (including phenoxy) is 1. The molecule has 102 valence electrons. The maximum atomic E-state index is 13.6. The largest absolute Gasteiger partial charge is 0.374 e. The zero-order valence-electron chi connectivity index (χ0n) is 11.4. The third kappa shape index (κ3) is 3.54. The molecule has 2 rings (SSSR count). The Labute approximate surface area is 114 Å². The normalized spacial score (nSPS) is 23.0. The van der Waals surface area contributed by atoms with Gasteiger partial charge < -0.3 is 4.74 Å². The number of benzene rings is 1. The van der Waals surface area contributed by atoms with E-state index in [2.05, 4.69) is 6.92 Å². The van der Waals surface area contributed by atoms with Gasteiger partial charge >= 0.3 is 0 Å². The zero-order chi connectivity index (χ0) is 13.7. The molecule has 0 N–H and O–H groups in total. The average Bonchev–Trinajstić information content (AvgIpc) is 2.45. The number of unbranched alkanes of at least 4 members (excludes halogenated alkanes) is 1. The molecule has 1 aromatic rings. The van der Waals surface area contributed by atoms with Crippen LogP contribution in [-0.4, -0.2) is 6.61 Å². The first-order chi connectivity index (χ1) is 9.24. The molecule has 1 fully saturated rings. The van der Waals surface area contributed by atoms with Crippen LogP contribution < -0.4 is 0 Å². The van der Waals surface area contributed by atoms with E-state index in [4.69, 9.17) is 10.00 Å². The van der Waals surface area contributed by atoms with Crippen molar-refractivity contribution in [3.05, 3.63) is 35.1 Å². The fourth-order valence-electron chi connectivity index (χ4n) is 2.68. The first-order valence-corrected chi connectivity index (χ1v) is 7.05. The van der Waals surface area contributed by atoms with Crippen LogP contribution in [0.1, 0.15) is 56.3 Å². The minimum absolute atomic E-state index is 0.0159. The van der Waals surface area contributed by atoms with Gasteiger partial charge in [0.1, 0.15) is 11.9 Å². The summed E-state index contributed by atoms with van der Waals surface area (Å²) in [6.45, 7) is 2.95. The Morgan fingerprint density at radius 3 is 3.00 bits per heavy atom. The maximum Gasteiger partial charge on any atom is 0.141 e. The molecule has 2 atom stereocenters. The fourth-order valence-corrected chi connectivity index (χ4v) is 2.68. The molecule has 1 aromatic carbocycles. The van der Waals surface area contributed by atoms with Gasteiger partial charge in [-0.2, -0.15) is 5.26 Å². The summed E-state index contributed by atoms with van der Waals surface area (Å²) in [4.78, 5) is 0. The molecule has 1 aliphatic heterocycles. The Kier molecular flexibility index (Phi) is 4.93. The molecule has 1 saturated heterocycles. The van der Waals surface area contributed by atoms with E-state index >= 15 is 0 Å². The molecular formula is C16H20FNO. The molecule has 0 bridgehead atoms. The van der Waals surface area contributed by atoms with Crippen molar-refractivity contribution in [1.82, 2.24) is 0 Å². The molecule has 0 amide bonds. The minimum Gasteiger partial charge on any atom is -0.374 e. The predicted molar refractivity (Wildman–Crippen MR) is 72.1 cm³/mol. The van der Waals surface area contributed by atoms with Crippen molar-refractivity contribution in [3.8, 4) is 6.07 Å². The third-order valence-electron chi connectivity index (χ3n) is 3.84. The smallest absolute Gasteiger partial charge is 0.141 e. The Bertz CT molecular complexity index is 466. The number of hydrogen-bond donors (Lipinski definition) is 0. The van der Waals surface area contributed by atoms with Gasteiger partial charge in [-0.25, -0.2) is 4.39 Å². The molecular weight excluding hydrogens is 241 g/mol. The molecule has 19 heavy (non-hydrogen) atoms. The van der Waals surface area contributed by atoms with Crippen LogP contribution in [0.2, 0.25) is 0 Å². The Balaban J connectivity index is 2.05. The zero-order valence-corrected chi connectivity index (χ0v) is 11.4.